The molecule has 3 aliphatic heterocycles. The van der Waals surface area contributed by atoms with Gasteiger partial charge in [0.2, 0.25) is 11.8 Å². The zero-order valence-electron chi connectivity index (χ0n) is 23.9. The number of nitrogens with zero attached hydrogens (tertiary/aromatic N) is 4. The van der Waals surface area contributed by atoms with Crippen molar-refractivity contribution < 1.29 is 33.6 Å². The first-order chi connectivity index (χ1) is 19.9. The number of hydrogen-bond acceptors (Lipinski definition) is 9. The van der Waals surface area contributed by atoms with Gasteiger partial charge >= 0.3 is 12.1 Å². The molecule has 2 fully saturated rings. The minimum atomic E-state index is -0.851. The van der Waals surface area contributed by atoms with Gasteiger partial charge in [-0.1, -0.05) is 0 Å². The Morgan fingerprint density at radius 2 is 1.76 bits per heavy atom. The average molecular weight is 569 g/mol. The van der Waals surface area contributed by atoms with Crippen LogP contribution >= 0.6 is 0 Å². The standard InChI is InChI=1S/C30H40N4O7/c1-3-39-29(35)14-22-8-13-40-26-18-32-28(15-23(22)26)41-19-20-4-9-33(10-5-20)25-16-27(38-2)31-17-24(25)21-6-11-34(12-7-21)30(36)37/h15-18,20-22H,3-14,19H2,1-2H3,(H,36,37). The van der Waals surface area contributed by atoms with E-state index in [1.165, 1.54) is 10.5 Å². The molecule has 3 aliphatic rings. The van der Waals surface area contributed by atoms with Crippen molar-refractivity contribution in [2.24, 2.45) is 5.92 Å². The van der Waals surface area contributed by atoms with Gasteiger partial charge in [0.1, 0.15) is 5.75 Å². The van der Waals surface area contributed by atoms with E-state index in [9.17, 15) is 14.7 Å². The molecule has 1 atom stereocenters. The van der Waals surface area contributed by atoms with Crippen LogP contribution in [0, 0.1) is 5.92 Å². The molecule has 2 aromatic heterocycles. The molecule has 222 valence electrons. The van der Waals surface area contributed by atoms with Crippen LogP contribution in [-0.4, -0.2) is 85.1 Å². The Kier molecular flexibility index (Phi) is 9.31. The van der Waals surface area contributed by atoms with Crippen molar-refractivity contribution in [1.29, 1.82) is 0 Å². The third-order valence-electron chi connectivity index (χ3n) is 8.48. The Bertz CT molecular complexity index is 1210. The van der Waals surface area contributed by atoms with Crippen LogP contribution in [0.1, 0.15) is 68.4 Å². The highest BCUT2D eigenvalue weighted by atomic mass is 16.5. The van der Waals surface area contributed by atoms with E-state index in [4.69, 9.17) is 18.9 Å². The van der Waals surface area contributed by atoms with E-state index >= 15 is 0 Å². The van der Waals surface area contributed by atoms with Crippen LogP contribution in [0.2, 0.25) is 0 Å². The quantitative estimate of drug-likeness (QED) is 0.434. The average Bonchev–Trinajstić information content (AvgIpc) is 3.00. The van der Waals surface area contributed by atoms with Crippen LogP contribution in [0.5, 0.6) is 17.5 Å². The zero-order valence-corrected chi connectivity index (χ0v) is 23.9. The molecule has 1 N–H and O–H groups in total. The molecule has 0 aliphatic carbocycles. The Morgan fingerprint density at radius 3 is 2.46 bits per heavy atom. The number of carbonyl (C=O) groups is 2. The lowest BCUT2D eigenvalue weighted by Crippen LogP contribution is -2.38. The number of esters is 1. The van der Waals surface area contributed by atoms with Gasteiger partial charge in [-0.2, -0.15) is 0 Å². The molecule has 11 heteroatoms. The molecular weight excluding hydrogens is 528 g/mol. The number of fused-ring (bicyclic) bond motifs is 1. The highest BCUT2D eigenvalue weighted by Crippen LogP contribution is 2.39. The van der Waals surface area contributed by atoms with Crippen LogP contribution < -0.4 is 19.1 Å². The third-order valence-corrected chi connectivity index (χ3v) is 8.48. The topological polar surface area (TPSA) is 124 Å². The van der Waals surface area contributed by atoms with Crippen LogP contribution in [0.15, 0.2) is 24.5 Å². The second-order valence-corrected chi connectivity index (χ2v) is 11.0. The van der Waals surface area contributed by atoms with Crippen molar-refractivity contribution >= 4 is 17.7 Å². The van der Waals surface area contributed by atoms with Gasteiger partial charge in [-0.15, -0.1) is 0 Å². The van der Waals surface area contributed by atoms with Gasteiger partial charge in [0, 0.05) is 61.7 Å². The Morgan fingerprint density at radius 1 is 1.00 bits per heavy atom. The van der Waals surface area contributed by atoms with Gasteiger partial charge in [0.05, 0.1) is 39.5 Å². The summed E-state index contributed by atoms with van der Waals surface area (Å²) in [7, 11) is 1.63. The first kappa shape index (κ1) is 28.8. The summed E-state index contributed by atoms with van der Waals surface area (Å²) in [5, 5.41) is 9.33. The summed E-state index contributed by atoms with van der Waals surface area (Å²) >= 11 is 0. The SMILES string of the molecule is CCOC(=O)CC1CCOc2cnc(OCC3CCN(c4cc(OC)ncc4C4CCN(C(=O)O)CC4)CC3)cc21. The second kappa shape index (κ2) is 13.3. The number of carbonyl (C=O) groups excluding carboxylic acids is 1. The molecule has 2 saturated heterocycles. The monoisotopic (exact) mass is 568 g/mol. The number of ether oxygens (including phenoxy) is 4. The Balaban J connectivity index is 1.18. The van der Waals surface area contributed by atoms with E-state index in [-0.39, 0.29) is 17.8 Å². The lowest BCUT2D eigenvalue weighted by Gasteiger charge is -2.37. The maximum Gasteiger partial charge on any atom is 0.407 e. The molecule has 0 bridgehead atoms. The van der Waals surface area contributed by atoms with Gasteiger partial charge in [-0.05, 0) is 56.4 Å². The van der Waals surface area contributed by atoms with Crippen molar-refractivity contribution in [3.63, 3.8) is 0 Å². The predicted molar refractivity (Wildman–Crippen MR) is 151 cm³/mol. The van der Waals surface area contributed by atoms with E-state index in [0.717, 1.165) is 56.4 Å². The summed E-state index contributed by atoms with van der Waals surface area (Å²) in [4.78, 5) is 36.3. The fraction of sp³-hybridized carbons (Fsp3) is 0.600. The third kappa shape index (κ3) is 6.94. The predicted octanol–water partition coefficient (Wildman–Crippen LogP) is 4.46. The summed E-state index contributed by atoms with van der Waals surface area (Å²) in [6, 6.07) is 3.93. The number of methoxy groups -OCH3 is 1. The van der Waals surface area contributed by atoms with Gasteiger partial charge in [0.15, 0.2) is 0 Å². The van der Waals surface area contributed by atoms with Gasteiger partial charge < -0.3 is 33.9 Å². The minimum Gasteiger partial charge on any atom is -0.492 e. The van der Waals surface area contributed by atoms with Crippen molar-refractivity contribution in [1.82, 2.24) is 14.9 Å². The largest absolute Gasteiger partial charge is 0.492 e. The van der Waals surface area contributed by atoms with E-state index in [1.54, 1.807) is 13.3 Å². The summed E-state index contributed by atoms with van der Waals surface area (Å²) in [5.74, 6) is 2.35. The fourth-order valence-electron chi connectivity index (χ4n) is 6.12. The number of piperidine rings is 2. The highest BCUT2D eigenvalue weighted by Gasteiger charge is 2.30. The Labute approximate surface area is 240 Å². The fourth-order valence-corrected chi connectivity index (χ4v) is 6.12. The van der Waals surface area contributed by atoms with E-state index in [0.29, 0.717) is 62.8 Å². The molecule has 2 aromatic rings. The van der Waals surface area contributed by atoms with Crippen molar-refractivity contribution in [2.75, 3.05) is 58.0 Å². The second-order valence-electron chi connectivity index (χ2n) is 11.0. The van der Waals surface area contributed by atoms with Gasteiger partial charge in [-0.25, -0.2) is 14.8 Å². The van der Waals surface area contributed by atoms with E-state index in [2.05, 4.69) is 14.9 Å². The lowest BCUT2D eigenvalue weighted by molar-refractivity contribution is -0.143. The molecule has 11 nitrogen and oxygen atoms in total. The summed E-state index contributed by atoms with van der Waals surface area (Å²) < 4.78 is 22.5. The first-order valence-electron chi connectivity index (χ1n) is 14.6. The van der Waals surface area contributed by atoms with Crippen LogP contribution in [0.3, 0.4) is 0 Å². The molecule has 5 heterocycles. The number of rotatable bonds is 9. The smallest absolute Gasteiger partial charge is 0.407 e. The molecule has 0 spiro atoms. The van der Waals surface area contributed by atoms with Crippen LogP contribution in [0.4, 0.5) is 10.5 Å². The number of anilines is 1. The summed E-state index contributed by atoms with van der Waals surface area (Å²) in [5.41, 5.74) is 3.26. The molecule has 1 amide bonds. The zero-order chi connectivity index (χ0) is 28.8. The minimum absolute atomic E-state index is 0.0364. The molecule has 0 radical (unpaired) electrons. The number of likely N-dealkylation sites (tertiary alicyclic amines) is 1. The van der Waals surface area contributed by atoms with Crippen molar-refractivity contribution in [2.45, 2.75) is 57.3 Å². The Hall–Kier alpha value is -3.76. The number of carboxylic acid groups (broad SMARTS) is 1. The van der Waals surface area contributed by atoms with Crippen LogP contribution in [0.25, 0.3) is 0 Å². The number of hydrogen-bond donors (Lipinski definition) is 1. The maximum atomic E-state index is 12.1. The first-order valence-corrected chi connectivity index (χ1v) is 14.6. The number of aromatic nitrogens is 2. The number of amides is 1. The molecule has 1 unspecified atom stereocenters. The molecule has 41 heavy (non-hydrogen) atoms. The van der Waals surface area contributed by atoms with Gasteiger partial charge in [-0.3, -0.25) is 4.79 Å². The maximum absolute atomic E-state index is 12.1. The number of pyridine rings is 2. The van der Waals surface area contributed by atoms with Gasteiger partial charge in [0.25, 0.3) is 0 Å². The van der Waals surface area contributed by atoms with Crippen LogP contribution in [-0.2, 0) is 9.53 Å². The molecule has 0 saturated carbocycles. The normalized spacial score (nSPS) is 19.7. The van der Waals surface area contributed by atoms with E-state index in [1.807, 2.05) is 25.3 Å². The molecular formula is C30H40N4O7. The summed E-state index contributed by atoms with van der Waals surface area (Å²) in [6.07, 6.45) is 7.36. The summed E-state index contributed by atoms with van der Waals surface area (Å²) in [6.45, 7) is 6.17. The van der Waals surface area contributed by atoms with E-state index < -0.39 is 6.09 Å². The van der Waals surface area contributed by atoms with Crippen molar-refractivity contribution in [3.05, 3.63) is 35.7 Å². The lowest BCUT2D eigenvalue weighted by atomic mass is 9.88. The molecule has 5 rings (SSSR count). The highest BCUT2D eigenvalue weighted by molar-refractivity contribution is 5.71. The molecule has 0 aromatic carbocycles. The van der Waals surface area contributed by atoms with Crippen molar-refractivity contribution in [3.8, 4) is 17.5 Å².